The Balaban J connectivity index is 1.26. The van der Waals surface area contributed by atoms with Crippen molar-refractivity contribution in [2.45, 2.75) is 38.0 Å². The number of morpholine rings is 1. The van der Waals surface area contributed by atoms with E-state index < -0.39 is 0 Å². The van der Waals surface area contributed by atoms with Gasteiger partial charge in [0.15, 0.2) is 0 Å². The number of piperazine rings is 1. The van der Waals surface area contributed by atoms with E-state index >= 15 is 0 Å². The van der Waals surface area contributed by atoms with Crippen LogP contribution in [0.15, 0.2) is 23.0 Å². The van der Waals surface area contributed by atoms with Crippen LogP contribution < -0.4 is 0 Å². The van der Waals surface area contributed by atoms with Crippen molar-refractivity contribution in [3.05, 3.63) is 24.2 Å². The Morgan fingerprint density at radius 2 is 1.81 bits per heavy atom. The second-order valence-electron chi connectivity index (χ2n) is 8.86. The van der Waals surface area contributed by atoms with Gasteiger partial charge in [0, 0.05) is 77.1 Å². The SMILES string of the molecule is CC(CN1CCN(C)CC1)N1CCOC2(CCN(Cc3ccoc3)CC2)C1. The maximum absolute atomic E-state index is 6.37. The van der Waals surface area contributed by atoms with Crippen LogP contribution in [0.2, 0.25) is 0 Å². The van der Waals surface area contributed by atoms with E-state index in [9.17, 15) is 0 Å². The molecule has 3 fully saturated rings. The number of furan rings is 1. The summed E-state index contributed by atoms with van der Waals surface area (Å²) in [6.45, 7) is 14.7. The first-order valence-electron chi connectivity index (χ1n) is 10.6. The van der Waals surface area contributed by atoms with Crippen LogP contribution in [0.4, 0.5) is 0 Å². The molecule has 1 unspecified atom stereocenters. The van der Waals surface area contributed by atoms with Crippen LogP contribution in [-0.2, 0) is 11.3 Å². The molecule has 0 radical (unpaired) electrons. The maximum Gasteiger partial charge on any atom is 0.0947 e. The first-order valence-corrected chi connectivity index (χ1v) is 10.6. The van der Waals surface area contributed by atoms with Crippen LogP contribution in [0.5, 0.6) is 0 Å². The molecule has 6 nitrogen and oxygen atoms in total. The third kappa shape index (κ3) is 4.93. The molecule has 6 heteroatoms. The minimum atomic E-state index is 0.0710. The summed E-state index contributed by atoms with van der Waals surface area (Å²) in [5, 5.41) is 0. The van der Waals surface area contributed by atoms with Crippen molar-refractivity contribution in [3.8, 4) is 0 Å². The number of piperidine rings is 1. The topological polar surface area (TPSA) is 35.3 Å². The molecular weight excluding hydrogens is 340 g/mol. The van der Waals surface area contributed by atoms with Gasteiger partial charge in [0.2, 0.25) is 0 Å². The zero-order chi connectivity index (χ0) is 18.7. The van der Waals surface area contributed by atoms with E-state index in [1.54, 1.807) is 6.26 Å². The third-order valence-corrected chi connectivity index (χ3v) is 6.77. The summed E-state index contributed by atoms with van der Waals surface area (Å²) in [5.74, 6) is 0. The lowest BCUT2D eigenvalue weighted by Crippen LogP contribution is -2.60. The summed E-state index contributed by atoms with van der Waals surface area (Å²) in [6, 6.07) is 2.68. The second-order valence-corrected chi connectivity index (χ2v) is 8.86. The summed E-state index contributed by atoms with van der Waals surface area (Å²) in [4.78, 5) is 10.3. The Morgan fingerprint density at radius 1 is 1.04 bits per heavy atom. The molecule has 3 aliphatic heterocycles. The van der Waals surface area contributed by atoms with Gasteiger partial charge < -0.3 is 14.1 Å². The third-order valence-electron chi connectivity index (χ3n) is 6.77. The minimum Gasteiger partial charge on any atom is -0.472 e. The molecule has 0 amide bonds. The van der Waals surface area contributed by atoms with Crippen molar-refractivity contribution in [2.75, 3.05) is 72.6 Å². The predicted octanol–water partition coefficient (Wildman–Crippen LogP) is 1.58. The summed E-state index contributed by atoms with van der Waals surface area (Å²) in [6.07, 6.45) is 5.92. The van der Waals surface area contributed by atoms with Crippen molar-refractivity contribution in [1.82, 2.24) is 19.6 Å². The van der Waals surface area contributed by atoms with Crippen LogP contribution in [0.25, 0.3) is 0 Å². The van der Waals surface area contributed by atoms with Crippen LogP contribution >= 0.6 is 0 Å². The molecule has 0 aliphatic carbocycles. The van der Waals surface area contributed by atoms with E-state index in [1.165, 1.54) is 38.3 Å². The Labute approximate surface area is 164 Å². The smallest absolute Gasteiger partial charge is 0.0947 e. The van der Waals surface area contributed by atoms with Gasteiger partial charge in [-0.05, 0) is 32.9 Å². The Morgan fingerprint density at radius 3 is 2.52 bits per heavy atom. The van der Waals surface area contributed by atoms with Crippen LogP contribution in [0.3, 0.4) is 0 Å². The number of rotatable bonds is 5. The number of nitrogens with zero attached hydrogens (tertiary/aromatic N) is 4. The van der Waals surface area contributed by atoms with Gasteiger partial charge in [-0.3, -0.25) is 14.7 Å². The van der Waals surface area contributed by atoms with E-state index in [0.717, 1.165) is 52.2 Å². The quantitative estimate of drug-likeness (QED) is 0.777. The molecule has 0 bridgehead atoms. The Bertz CT molecular complexity index is 563. The summed E-state index contributed by atoms with van der Waals surface area (Å²) >= 11 is 0. The first kappa shape index (κ1) is 19.4. The molecule has 0 N–H and O–H groups in total. The molecule has 4 heterocycles. The molecule has 4 rings (SSSR count). The molecule has 27 heavy (non-hydrogen) atoms. The highest BCUT2D eigenvalue weighted by atomic mass is 16.5. The Kier molecular flexibility index (Phi) is 6.19. The fraction of sp³-hybridized carbons (Fsp3) is 0.810. The zero-order valence-corrected chi connectivity index (χ0v) is 17.1. The van der Waals surface area contributed by atoms with Gasteiger partial charge in [-0.1, -0.05) is 0 Å². The molecular formula is C21H36N4O2. The monoisotopic (exact) mass is 376 g/mol. The van der Waals surface area contributed by atoms with Gasteiger partial charge >= 0.3 is 0 Å². The lowest BCUT2D eigenvalue weighted by molar-refractivity contribution is -0.144. The van der Waals surface area contributed by atoms with Crippen molar-refractivity contribution in [1.29, 1.82) is 0 Å². The van der Waals surface area contributed by atoms with Crippen LogP contribution in [0.1, 0.15) is 25.3 Å². The molecule has 1 spiro atoms. The highest BCUT2D eigenvalue weighted by Crippen LogP contribution is 2.31. The van der Waals surface area contributed by atoms with Crippen molar-refractivity contribution in [2.24, 2.45) is 0 Å². The number of hydrogen-bond acceptors (Lipinski definition) is 6. The fourth-order valence-electron chi connectivity index (χ4n) is 4.83. The van der Waals surface area contributed by atoms with Crippen molar-refractivity contribution in [3.63, 3.8) is 0 Å². The molecule has 0 aromatic carbocycles. The molecule has 3 aliphatic rings. The molecule has 0 saturated carbocycles. The fourth-order valence-corrected chi connectivity index (χ4v) is 4.83. The van der Waals surface area contributed by atoms with Gasteiger partial charge in [-0.2, -0.15) is 0 Å². The molecule has 152 valence electrons. The van der Waals surface area contributed by atoms with Crippen LogP contribution in [-0.4, -0.2) is 104 Å². The van der Waals surface area contributed by atoms with Gasteiger partial charge in [0.05, 0.1) is 24.7 Å². The Hall–Kier alpha value is -0.920. The minimum absolute atomic E-state index is 0.0710. The van der Waals surface area contributed by atoms with E-state index in [0.29, 0.717) is 6.04 Å². The van der Waals surface area contributed by atoms with Gasteiger partial charge in [0.25, 0.3) is 0 Å². The highest BCUT2D eigenvalue weighted by Gasteiger charge is 2.40. The van der Waals surface area contributed by atoms with E-state index in [-0.39, 0.29) is 5.60 Å². The van der Waals surface area contributed by atoms with Crippen LogP contribution in [0, 0.1) is 0 Å². The summed E-state index contributed by atoms with van der Waals surface area (Å²) in [7, 11) is 2.23. The number of ether oxygens (including phenoxy) is 1. The van der Waals surface area contributed by atoms with E-state index in [2.05, 4.69) is 39.6 Å². The van der Waals surface area contributed by atoms with Gasteiger partial charge in [-0.15, -0.1) is 0 Å². The highest BCUT2D eigenvalue weighted by molar-refractivity contribution is 5.06. The normalized spacial score (nSPS) is 27.2. The van der Waals surface area contributed by atoms with Crippen molar-refractivity contribution < 1.29 is 9.15 Å². The molecule has 3 saturated heterocycles. The predicted molar refractivity (Wildman–Crippen MR) is 107 cm³/mol. The van der Waals surface area contributed by atoms with Crippen molar-refractivity contribution >= 4 is 0 Å². The molecule has 1 aromatic heterocycles. The van der Waals surface area contributed by atoms with Gasteiger partial charge in [-0.25, -0.2) is 0 Å². The average molecular weight is 377 g/mol. The average Bonchev–Trinajstić information content (AvgIpc) is 3.19. The molecule has 1 atom stereocenters. The van der Waals surface area contributed by atoms with E-state index in [4.69, 9.17) is 9.15 Å². The number of likely N-dealkylation sites (N-methyl/N-ethyl adjacent to an activating group) is 1. The number of likely N-dealkylation sites (tertiary alicyclic amines) is 1. The maximum atomic E-state index is 6.37. The van der Waals surface area contributed by atoms with Gasteiger partial charge in [0.1, 0.15) is 0 Å². The second kappa shape index (κ2) is 8.62. The lowest BCUT2D eigenvalue weighted by atomic mass is 9.88. The molecule has 1 aromatic rings. The lowest BCUT2D eigenvalue weighted by Gasteiger charge is -2.49. The summed E-state index contributed by atoms with van der Waals surface area (Å²) < 4.78 is 11.6. The first-order chi connectivity index (χ1) is 13.1. The largest absolute Gasteiger partial charge is 0.472 e. The zero-order valence-electron chi connectivity index (χ0n) is 17.1. The standard InChI is InChI=1S/C21H36N4O2/c1-19(15-24-10-8-22(2)9-11-24)25-12-14-27-21(18-25)4-6-23(7-5-21)16-20-3-13-26-17-20/h3,13,17,19H,4-12,14-16,18H2,1-2H3. The summed E-state index contributed by atoms with van der Waals surface area (Å²) in [5.41, 5.74) is 1.35. The number of hydrogen-bond donors (Lipinski definition) is 0. The van der Waals surface area contributed by atoms with E-state index in [1.807, 2.05) is 6.26 Å².